The number of benzene rings is 2. The van der Waals surface area contributed by atoms with Crippen LogP contribution in [0.15, 0.2) is 66.1 Å². The number of thioether (sulfide) groups is 1. The van der Waals surface area contributed by atoms with Gasteiger partial charge in [0, 0.05) is 5.69 Å². The van der Waals surface area contributed by atoms with Gasteiger partial charge in [-0.1, -0.05) is 42.1 Å². The number of amides is 1. The Labute approximate surface area is 156 Å². The number of carbonyl (C=O) groups is 1. The lowest BCUT2D eigenvalue weighted by Crippen LogP contribution is -2.28. The molecule has 0 saturated heterocycles. The molecule has 0 bridgehead atoms. The molecule has 1 unspecified atom stereocenters. The van der Waals surface area contributed by atoms with Crippen molar-refractivity contribution in [3.05, 3.63) is 66.5 Å². The summed E-state index contributed by atoms with van der Waals surface area (Å²) in [4.78, 5) is 12.2. The minimum atomic E-state index is -0.0457. The number of ether oxygens (including phenoxy) is 1. The minimum absolute atomic E-state index is 0.0382. The van der Waals surface area contributed by atoms with Crippen molar-refractivity contribution in [1.82, 2.24) is 20.1 Å². The molecule has 7 heteroatoms. The lowest BCUT2D eigenvalue weighted by molar-refractivity contribution is -0.119. The maximum atomic E-state index is 12.2. The van der Waals surface area contributed by atoms with Crippen LogP contribution in [0, 0.1) is 0 Å². The Bertz CT molecular complexity index is 849. The molecule has 2 aromatic carbocycles. The topological polar surface area (TPSA) is 69.0 Å². The van der Waals surface area contributed by atoms with Crippen LogP contribution < -0.4 is 10.1 Å². The average molecular weight is 368 g/mol. The Kier molecular flexibility index (Phi) is 5.91. The molecule has 1 heterocycles. The standard InChI is InChI=1S/C19H20N4O2S/c1-14(15-6-4-3-5-7-15)21-18(24)12-26-19-22-20-13-23(19)16-8-10-17(25-2)11-9-16/h3-11,13-14H,12H2,1-2H3,(H,21,24). The van der Waals surface area contributed by atoms with E-state index in [-0.39, 0.29) is 17.7 Å². The SMILES string of the molecule is COc1ccc(-n2cnnc2SCC(=O)NC(C)c2ccccc2)cc1. The molecule has 0 saturated carbocycles. The van der Waals surface area contributed by atoms with Crippen molar-refractivity contribution in [2.75, 3.05) is 12.9 Å². The molecule has 1 atom stereocenters. The highest BCUT2D eigenvalue weighted by Gasteiger charge is 2.13. The van der Waals surface area contributed by atoms with Gasteiger partial charge in [0.05, 0.1) is 18.9 Å². The second-order valence-corrected chi connectivity index (χ2v) is 6.61. The molecule has 1 N–H and O–H groups in total. The van der Waals surface area contributed by atoms with Gasteiger partial charge in [-0.25, -0.2) is 0 Å². The number of methoxy groups -OCH3 is 1. The van der Waals surface area contributed by atoms with Crippen LogP contribution >= 0.6 is 11.8 Å². The van der Waals surface area contributed by atoms with Crippen molar-refractivity contribution >= 4 is 17.7 Å². The first-order valence-corrected chi connectivity index (χ1v) is 9.17. The fraction of sp³-hybridized carbons (Fsp3) is 0.211. The molecule has 3 aromatic rings. The predicted octanol–water partition coefficient (Wildman–Crippen LogP) is 3.25. The van der Waals surface area contributed by atoms with Crippen molar-refractivity contribution in [2.24, 2.45) is 0 Å². The zero-order valence-electron chi connectivity index (χ0n) is 14.6. The van der Waals surface area contributed by atoms with Crippen LogP contribution in [0.4, 0.5) is 0 Å². The van der Waals surface area contributed by atoms with Crippen molar-refractivity contribution in [1.29, 1.82) is 0 Å². The zero-order valence-corrected chi connectivity index (χ0v) is 15.4. The minimum Gasteiger partial charge on any atom is -0.497 e. The molecule has 0 aliphatic rings. The van der Waals surface area contributed by atoms with Crippen molar-refractivity contribution in [3.63, 3.8) is 0 Å². The van der Waals surface area contributed by atoms with Gasteiger partial charge in [0.15, 0.2) is 5.16 Å². The van der Waals surface area contributed by atoms with Gasteiger partial charge in [-0.05, 0) is 36.8 Å². The lowest BCUT2D eigenvalue weighted by atomic mass is 10.1. The second kappa shape index (κ2) is 8.53. The van der Waals surface area contributed by atoms with E-state index in [9.17, 15) is 4.79 Å². The molecule has 1 aromatic heterocycles. The Morgan fingerprint density at radius 1 is 1.19 bits per heavy atom. The first kappa shape index (κ1) is 18.0. The van der Waals surface area contributed by atoms with Gasteiger partial charge in [0.1, 0.15) is 12.1 Å². The van der Waals surface area contributed by atoms with E-state index in [2.05, 4.69) is 15.5 Å². The Morgan fingerprint density at radius 3 is 2.62 bits per heavy atom. The van der Waals surface area contributed by atoms with Gasteiger partial charge >= 0.3 is 0 Å². The zero-order chi connectivity index (χ0) is 18.4. The molecular formula is C19H20N4O2S. The molecule has 134 valence electrons. The van der Waals surface area contributed by atoms with E-state index < -0.39 is 0 Å². The predicted molar refractivity (Wildman–Crippen MR) is 102 cm³/mol. The summed E-state index contributed by atoms with van der Waals surface area (Å²) in [6.07, 6.45) is 1.63. The number of nitrogens with one attached hydrogen (secondary N) is 1. The summed E-state index contributed by atoms with van der Waals surface area (Å²) in [5, 5.41) is 11.7. The van der Waals surface area contributed by atoms with Crippen molar-refractivity contribution in [3.8, 4) is 11.4 Å². The number of hydrogen-bond donors (Lipinski definition) is 1. The van der Waals surface area contributed by atoms with Gasteiger partial charge in [0.2, 0.25) is 5.91 Å². The van der Waals surface area contributed by atoms with E-state index in [1.165, 1.54) is 11.8 Å². The van der Waals surface area contributed by atoms with Gasteiger partial charge in [-0.15, -0.1) is 10.2 Å². The first-order valence-electron chi connectivity index (χ1n) is 8.19. The van der Waals surface area contributed by atoms with E-state index in [0.717, 1.165) is 17.0 Å². The van der Waals surface area contributed by atoms with Crippen LogP contribution in [0.2, 0.25) is 0 Å². The van der Waals surface area contributed by atoms with E-state index in [1.54, 1.807) is 13.4 Å². The summed E-state index contributed by atoms with van der Waals surface area (Å²) in [7, 11) is 1.63. The molecule has 0 spiro atoms. The quantitative estimate of drug-likeness (QED) is 0.649. The monoisotopic (exact) mass is 368 g/mol. The summed E-state index contributed by atoms with van der Waals surface area (Å²) < 4.78 is 7.02. The molecule has 1 amide bonds. The summed E-state index contributed by atoms with van der Waals surface area (Å²) in [6.45, 7) is 1.97. The van der Waals surface area contributed by atoms with Gasteiger partial charge in [-0.3, -0.25) is 9.36 Å². The van der Waals surface area contributed by atoms with Gasteiger partial charge < -0.3 is 10.1 Å². The maximum absolute atomic E-state index is 12.2. The number of carbonyl (C=O) groups excluding carboxylic acids is 1. The summed E-state index contributed by atoms with van der Waals surface area (Å²) in [5.74, 6) is 1.01. The molecule has 0 aliphatic heterocycles. The fourth-order valence-corrected chi connectivity index (χ4v) is 3.22. The average Bonchev–Trinajstić information content (AvgIpc) is 3.15. The number of hydrogen-bond acceptors (Lipinski definition) is 5. The molecule has 26 heavy (non-hydrogen) atoms. The largest absolute Gasteiger partial charge is 0.497 e. The number of rotatable bonds is 7. The molecule has 0 radical (unpaired) electrons. The molecule has 6 nitrogen and oxygen atoms in total. The van der Waals surface area contributed by atoms with E-state index in [4.69, 9.17) is 4.74 Å². The Balaban J connectivity index is 1.60. The van der Waals surface area contributed by atoms with Gasteiger partial charge in [-0.2, -0.15) is 0 Å². The van der Waals surface area contributed by atoms with Crippen LogP contribution in [-0.4, -0.2) is 33.5 Å². The Hall–Kier alpha value is -2.80. The first-order chi connectivity index (χ1) is 12.7. The second-order valence-electron chi connectivity index (χ2n) is 5.67. The molecule has 0 fully saturated rings. The maximum Gasteiger partial charge on any atom is 0.230 e. The van der Waals surface area contributed by atoms with Crippen LogP contribution in [0.25, 0.3) is 5.69 Å². The van der Waals surface area contributed by atoms with Crippen LogP contribution in [-0.2, 0) is 4.79 Å². The van der Waals surface area contributed by atoms with Crippen LogP contribution in [0.5, 0.6) is 5.75 Å². The summed E-state index contributed by atoms with van der Waals surface area (Å²) in [5.41, 5.74) is 1.99. The third-order valence-corrected chi connectivity index (χ3v) is 4.82. The third-order valence-electron chi connectivity index (χ3n) is 3.88. The van der Waals surface area contributed by atoms with E-state index in [1.807, 2.05) is 66.1 Å². The van der Waals surface area contributed by atoms with Crippen molar-refractivity contribution in [2.45, 2.75) is 18.1 Å². The van der Waals surface area contributed by atoms with Crippen molar-refractivity contribution < 1.29 is 9.53 Å². The number of aromatic nitrogens is 3. The van der Waals surface area contributed by atoms with E-state index in [0.29, 0.717) is 5.16 Å². The van der Waals surface area contributed by atoms with E-state index >= 15 is 0 Å². The van der Waals surface area contributed by atoms with Crippen LogP contribution in [0.3, 0.4) is 0 Å². The fourth-order valence-electron chi connectivity index (χ4n) is 2.48. The third kappa shape index (κ3) is 4.43. The molecule has 0 aliphatic carbocycles. The molecular weight excluding hydrogens is 348 g/mol. The highest BCUT2D eigenvalue weighted by Crippen LogP contribution is 2.21. The Morgan fingerprint density at radius 2 is 1.92 bits per heavy atom. The smallest absolute Gasteiger partial charge is 0.230 e. The summed E-state index contributed by atoms with van der Waals surface area (Å²) >= 11 is 1.35. The highest BCUT2D eigenvalue weighted by atomic mass is 32.2. The van der Waals surface area contributed by atoms with Gasteiger partial charge in [0.25, 0.3) is 0 Å². The van der Waals surface area contributed by atoms with Crippen LogP contribution in [0.1, 0.15) is 18.5 Å². The summed E-state index contributed by atoms with van der Waals surface area (Å²) in [6, 6.07) is 17.4. The normalized spacial score (nSPS) is 11.8. The lowest BCUT2D eigenvalue weighted by Gasteiger charge is -2.14. The number of nitrogens with zero attached hydrogens (tertiary/aromatic N) is 3. The highest BCUT2D eigenvalue weighted by molar-refractivity contribution is 7.99. The molecule has 3 rings (SSSR count).